The van der Waals surface area contributed by atoms with E-state index >= 15 is 0 Å². The number of imidazole rings is 1. The molecule has 0 aliphatic heterocycles. The number of aromatic amines is 1. The van der Waals surface area contributed by atoms with Crippen LogP contribution in [0.3, 0.4) is 0 Å². The zero-order chi connectivity index (χ0) is 13.8. The van der Waals surface area contributed by atoms with Crippen molar-refractivity contribution in [3.8, 4) is 0 Å². The van der Waals surface area contributed by atoms with Crippen molar-refractivity contribution in [2.75, 3.05) is 7.05 Å². The number of rotatable bonds is 4. The van der Waals surface area contributed by atoms with Gasteiger partial charge in [0, 0.05) is 31.2 Å². The molecule has 0 aliphatic rings. The Balaban J connectivity index is 2.08. The molecule has 0 radical (unpaired) electrons. The summed E-state index contributed by atoms with van der Waals surface area (Å²) in [7, 11) is 1.69. The quantitative estimate of drug-likeness (QED) is 0.802. The molecule has 0 unspecified atom stereocenters. The number of pyridine rings is 1. The Morgan fingerprint density at radius 2 is 2.26 bits per heavy atom. The first-order valence-corrected chi connectivity index (χ1v) is 5.98. The smallest absolute Gasteiger partial charge is 0.272 e. The Kier molecular flexibility index (Phi) is 3.86. The number of hydrogen-bond donors (Lipinski definition) is 2. The molecule has 1 amide bonds. The van der Waals surface area contributed by atoms with E-state index in [1.165, 1.54) is 11.1 Å². The lowest BCUT2D eigenvalue weighted by molar-refractivity contribution is 0.0776. The predicted octanol–water partition coefficient (Wildman–Crippen LogP) is 0.711. The molecule has 0 saturated carbocycles. The number of carbonyl (C=O) groups is 1. The highest BCUT2D eigenvalue weighted by molar-refractivity contribution is 7.80. The molecule has 98 valence electrons. The second-order valence-electron chi connectivity index (χ2n) is 3.99. The molecule has 2 aromatic heterocycles. The maximum Gasteiger partial charge on any atom is 0.272 e. The van der Waals surface area contributed by atoms with Gasteiger partial charge in [0.15, 0.2) is 0 Å². The van der Waals surface area contributed by atoms with E-state index in [9.17, 15) is 4.79 Å². The van der Waals surface area contributed by atoms with E-state index in [-0.39, 0.29) is 10.9 Å². The third-order valence-corrected chi connectivity index (χ3v) is 2.79. The van der Waals surface area contributed by atoms with Crippen LogP contribution in [0.1, 0.15) is 21.9 Å². The molecule has 0 saturated heterocycles. The van der Waals surface area contributed by atoms with E-state index in [1.807, 2.05) is 0 Å². The van der Waals surface area contributed by atoms with Crippen molar-refractivity contribution in [1.82, 2.24) is 19.9 Å². The van der Waals surface area contributed by atoms with Gasteiger partial charge in [0.2, 0.25) is 0 Å². The van der Waals surface area contributed by atoms with Crippen molar-refractivity contribution in [3.63, 3.8) is 0 Å². The summed E-state index contributed by atoms with van der Waals surface area (Å²) in [5.41, 5.74) is 6.45. The number of amides is 1. The monoisotopic (exact) mass is 275 g/mol. The van der Waals surface area contributed by atoms with Crippen LogP contribution in [0.2, 0.25) is 0 Å². The van der Waals surface area contributed by atoms with Crippen molar-refractivity contribution in [3.05, 3.63) is 47.8 Å². The van der Waals surface area contributed by atoms with Gasteiger partial charge in [0.1, 0.15) is 16.5 Å². The standard InChI is InChI=1S/C12H13N5OS/c1-17(7-10-14-4-5-15-10)12(18)9-3-2-8(6-16-9)11(13)19/h2-6H,7H2,1H3,(H2,13,19)(H,14,15). The Morgan fingerprint density at radius 1 is 1.47 bits per heavy atom. The molecule has 0 spiro atoms. The molecule has 7 heteroatoms. The van der Waals surface area contributed by atoms with Crippen molar-refractivity contribution in [1.29, 1.82) is 0 Å². The third kappa shape index (κ3) is 3.14. The van der Waals surface area contributed by atoms with E-state index in [1.54, 1.807) is 31.6 Å². The highest BCUT2D eigenvalue weighted by atomic mass is 32.1. The van der Waals surface area contributed by atoms with Crippen LogP contribution in [0.25, 0.3) is 0 Å². The minimum absolute atomic E-state index is 0.189. The molecule has 6 nitrogen and oxygen atoms in total. The second-order valence-corrected chi connectivity index (χ2v) is 4.43. The lowest BCUT2D eigenvalue weighted by atomic mass is 10.2. The number of H-pyrrole nitrogens is 1. The summed E-state index contributed by atoms with van der Waals surface area (Å²) < 4.78 is 0. The first-order chi connectivity index (χ1) is 9.08. The number of carbonyl (C=O) groups excluding carboxylic acids is 1. The molecule has 0 aliphatic carbocycles. The molecular formula is C12H13N5OS. The number of aromatic nitrogens is 3. The van der Waals surface area contributed by atoms with E-state index in [4.69, 9.17) is 18.0 Å². The fraction of sp³-hybridized carbons (Fsp3) is 0.167. The number of nitrogens with zero attached hydrogens (tertiary/aromatic N) is 3. The molecule has 2 aromatic rings. The number of thiocarbonyl (C=S) groups is 1. The maximum atomic E-state index is 12.1. The van der Waals surface area contributed by atoms with Gasteiger partial charge in [-0.05, 0) is 12.1 Å². The van der Waals surface area contributed by atoms with Crippen molar-refractivity contribution < 1.29 is 4.79 Å². The van der Waals surface area contributed by atoms with Crippen LogP contribution in [-0.2, 0) is 6.54 Å². The topological polar surface area (TPSA) is 87.9 Å². The summed E-state index contributed by atoms with van der Waals surface area (Å²) >= 11 is 4.83. The SMILES string of the molecule is CN(Cc1ncc[nH]1)C(=O)c1ccc(C(N)=S)cn1. The normalized spacial score (nSPS) is 10.2. The minimum Gasteiger partial charge on any atom is -0.389 e. The van der Waals surface area contributed by atoms with Gasteiger partial charge in [-0.25, -0.2) is 4.98 Å². The van der Waals surface area contributed by atoms with Gasteiger partial charge in [-0.15, -0.1) is 0 Å². The molecule has 19 heavy (non-hydrogen) atoms. The van der Waals surface area contributed by atoms with Gasteiger partial charge in [-0.1, -0.05) is 12.2 Å². The van der Waals surface area contributed by atoms with Crippen LogP contribution in [0.15, 0.2) is 30.7 Å². The average molecular weight is 275 g/mol. The third-order valence-electron chi connectivity index (χ3n) is 2.56. The molecule has 2 heterocycles. The van der Waals surface area contributed by atoms with E-state index in [0.29, 0.717) is 17.8 Å². The molecular weight excluding hydrogens is 262 g/mol. The van der Waals surface area contributed by atoms with Gasteiger partial charge in [-0.2, -0.15) is 0 Å². The fourth-order valence-corrected chi connectivity index (χ4v) is 1.66. The Hall–Kier alpha value is -2.28. The van der Waals surface area contributed by atoms with E-state index < -0.39 is 0 Å². The molecule has 0 bridgehead atoms. The average Bonchev–Trinajstić information content (AvgIpc) is 2.90. The summed E-state index contributed by atoms with van der Waals surface area (Å²) in [6, 6.07) is 3.29. The first kappa shape index (κ1) is 13.2. The van der Waals surface area contributed by atoms with Crippen molar-refractivity contribution in [2.24, 2.45) is 5.73 Å². The van der Waals surface area contributed by atoms with Crippen molar-refractivity contribution >= 4 is 23.1 Å². The molecule has 2 rings (SSSR count). The lowest BCUT2D eigenvalue weighted by Crippen LogP contribution is -2.27. The van der Waals surface area contributed by atoms with Crippen LogP contribution in [0.4, 0.5) is 0 Å². The van der Waals surface area contributed by atoms with Gasteiger partial charge < -0.3 is 15.6 Å². The Labute approximate surface area is 115 Å². The fourth-order valence-electron chi connectivity index (χ4n) is 1.54. The van der Waals surface area contributed by atoms with Crippen molar-refractivity contribution in [2.45, 2.75) is 6.54 Å². The number of nitrogens with one attached hydrogen (secondary N) is 1. The molecule has 0 aromatic carbocycles. The summed E-state index contributed by atoms with van der Waals surface area (Å²) in [5, 5.41) is 0. The van der Waals surface area contributed by atoms with Gasteiger partial charge >= 0.3 is 0 Å². The maximum absolute atomic E-state index is 12.1. The lowest BCUT2D eigenvalue weighted by Gasteiger charge is -2.15. The van der Waals surface area contributed by atoms with Crippen LogP contribution in [0, 0.1) is 0 Å². The highest BCUT2D eigenvalue weighted by Crippen LogP contribution is 2.05. The van der Waals surface area contributed by atoms with Gasteiger partial charge in [-0.3, -0.25) is 9.78 Å². The minimum atomic E-state index is -0.189. The van der Waals surface area contributed by atoms with E-state index in [2.05, 4.69) is 15.0 Å². The molecule has 0 fully saturated rings. The van der Waals surface area contributed by atoms with E-state index in [0.717, 1.165) is 5.82 Å². The first-order valence-electron chi connectivity index (χ1n) is 5.57. The Bertz CT molecular complexity index is 579. The van der Waals surface area contributed by atoms with Crippen LogP contribution in [-0.4, -0.2) is 37.8 Å². The van der Waals surface area contributed by atoms with Crippen LogP contribution in [0.5, 0.6) is 0 Å². The highest BCUT2D eigenvalue weighted by Gasteiger charge is 2.14. The predicted molar refractivity (Wildman–Crippen MR) is 74.5 cm³/mol. The summed E-state index contributed by atoms with van der Waals surface area (Å²) in [5.74, 6) is 0.529. The summed E-state index contributed by atoms with van der Waals surface area (Å²) in [6.07, 6.45) is 4.85. The van der Waals surface area contributed by atoms with Crippen LogP contribution >= 0.6 is 12.2 Å². The van der Waals surface area contributed by atoms with Gasteiger partial charge in [0.05, 0.1) is 6.54 Å². The summed E-state index contributed by atoms with van der Waals surface area (Å²) in [6.45, 7) is 0.393. The zero-order valence-electron chi connectivity index (χ0n) is 10.3. The molecule has 3 N–H and O–H groups in total. The van der Waals surface area contributed by atoms with Gasteiger partial charge in [0.25, 0.3) is 5.91 Å². The van der Waals surface area contributed by atoms with Crippen LogP contribution < -0.4 is 5.73 Å². The Morgan fingerprint density at radius 3 is 2.79 bits per heavy atom. The zero-order valence-corrected chi connectivity index (χ0v) is 11.1. The second kappa shape index (κ2) is 5.57. The number of hydrogen-bond acceptors (Lipinski definition) is 4. The molecule has 0 atom stereocenters. The summed E-state index contributed by atoms with van der Waals surface area (Å²) in [4.78, 5) is 25.0. The largest absolute Gasteiger partial charge is 0.389 e. The number of nitrogens with two attached hydrogens (primary N) is 1.